The maximum absolute atomic E-state index is 13.0. The van der Waals surface area contributed by atoms with Gasteiger partial charge in [0.15, 0.2) is 0 Å². The lowest BCUT2D eigenvalue weighted by atomic mass is 10.1. The van der Waals surface area contributed by atoms with Gasteiger partial charge in [0.1, 0.15) is 11.6 Å². The smallest absolute Gasteiger partial charge is 0.145 e. The van der Waals surface area contributed by atoms with Crippen molar-refractivity contribution in [3.63, 3.8) is 0 Å². The van der Waals surface area contributed by atoms with Crippen molar-refractivity contribution < 1.29 is 4.39 Å². The third kappa shape index (κ3) is 4.13. The van der Waals surface area contributed by atoms with E-state index < -0.39 is 0 Å². The first-order chi connectivity index (χ1) is 11.7. The number of aromatic nitrogens is 3. The zero-order chi connectivity index (χ0) is 16.9. The molecule has 5 nitrogen and oxygen atoms in total. The van der Waals surface area contributed by atoms with Crippen LogP contribution < -0.4 is 10.6 Å². The van der Waals surface area contributed by atoms with Gasteiger partial charge in [-0.25, -0.2) is 14.4 Å². The largest absolute Gasteiger partial charge is 0.310 e. The van der Waals surface area contributed by atoms with Gasteiger partial charge in [0.25, 0.3) is 0 Å². The van der Waals surface area contributed by atoms with Gasteiger partial charge in [-0.15, -0.1) is 0 Å². The lowest BCUT2D eigenvalue weighted by Gasteiger charge is -2.17. The molecule has 0 saturated heterocycles. The zero-order valence-corrected chi connectivity index (χ0v) is 14.2. The fourth-order valence-electron chi connectivity index (χ4n) is 2.95. The molecule has 2 heterocycles. The van der Waals surface area contributed by atoms with Gasteiger partial charge < -0.3 is 10.6 Å². The van der Waals surface area contributed by atoms with Gasteiger partial charge >= 0.3 is 0 Å². The Labute approximate surface area is 142 Å². The lowest BCUT2D eigenvalue weighted by Crippen LogP contribution is -2.24. The molecule has 2 aromatic rings. The minimum absolute atomic E-state index is 0.0764. The summed E-state index contributed by atoms with van der Waals surface area (Å²) in [6.07, 6.45) is 6.44. The molecule has 128 valence electrons. The molecule has 0 bridgehead atoms. The highest BCUT2D eigenvalue weighted by molar-refractivity contribution is 5.11. The van der Waals surface area contributed by atoms with E-state index in [0.717, 1.165) is 23.6 Å². The van der Waals surface area contributed by atoms with Crippen LogP contribution in [0.1, 0.15) is 55.5 Å². The molecule has 0 amide bonds. The van der Waals surface area contributed by atoms with Crippen molar-refractivity contribution in [3.8, 4) is 0 Å². The van der Waals surface area contributed by atoms with Crippen LogP contribution in [0.15, 0.2) is 30.6 Å². The molecule has 2 unspecified atom stereocenters. The summed E-state index contributed by atoms with van der Waals surface area (Å²) in [6, 6.07) is 5.42. The second kappa shape index (κ2) is 7.77. The predicted octanol–water partition coefficient (Wildman–Crippen LogP) is 2.92. The average Bonchev–Trinajstić information content (AvgIpc) is 3.43. The summed E-state index contributed by atoms with van der Waals surface area (Å²) in [4.78, 5) is 13.3. The summed E-state index contributed by atoms with van der Waals surface area (Å²) >= 11 is 0. The van der Waals surface area contributed by atoms with Gasteiger partial charge in [0.05, 0.1) is 23.6 Å². The molecule has 1 fully saturated rings. The molecule has 0 radical (unpaired) electrons. The molecule has 3 rings (SSSR count). The standard InChI is InChI=1S/C18H24FN5/c1-3-15(16-7-6-13(19)10-22-16)23-11-14-8-9-21-18(24-14)17(20-2)12-4-5-12/h6-10,12,15,17,20,23H,3-5,11H2,1-2H3. The first kappa shape index (κ1) is 16.9. The highest BCUT2D eigenvalue weighted by Gasteiger charge is 2.33. The van der Waals surface area contributed by atoms with Crippen molar-refractivity contribution in [2.24, 2.45) is 5.92 Å². The van der Waals surface area contributed by atoms with Crippen molar-refractivity contribution in [1.29, 1.82) is 0 Å². The van der Waals surface area contributed by atoms with E-state index >= 15 is 0 Å². The summed E-state index contributed by atoms with van der Waals surface area (Å²) < 4.78 is 13.0. The molecule has 2 N–H and O–H groups in total. The van der Waals surface area contributed by atoms with Crippen LogP contribution in [0.2, 0.25) is 0 Å². The molecule has 6 heteroatoms. The van der Waals surface area contributed by atoms with E-state index in [0.29, 0.717) is 12.5 Å². The van der Waals surface area contributed by atoms with E-state index in [1.807, 2.05) is 19.3 Å². The Bertz CT molecular complexity index is 657. The Morgan fingerprint density at radius 1 is 1.25 bits per heavy atom. The van der Waals surface area contributed by atoms with Crippen LogP contribution in [0.3, 0.4) is 0 Å². The van der Waals surface area contributed by atoms with Crippen molar-refractivity contribution in [2.75, 3.05) is 7.05 Å². The quantitative estimate of drug-likeness (QED) is 0.780. The first-order valence-corrected chi connectivity index (χ1v) is 8.55. The molecule has 2 atom stereocenters. The number of nitrogens with zero attached hydrogens (tertiary/aromatic N) is 3. The van der Waals surface area contributed by atoms with E-state index in [9.17, 15) is 4.39 Å². The normalized spacial score (nSPS) is 16.8. The maximum Gasteiger partial charge on any atom is 0.145 e. The summed E-state index contributed by atoms with van der Waals surface area (Å²) in [7, 11) is 1.96. The van der Waals surface area contributed by atoms with Crippen molar-refractivity contribution in [2.45, 2.75) is 44.8 Å². The molecule has 0 spiro atoms. The first-order valence-electron chi connectivity index (χ1n) is 8.55. The van der Waals surface area contributed by atoms with Crippen LogP contribution >= 0.6 is 0 Å². The lowest BCUT2D eigenvalue weighted by molar-refractivity contribution is 0.482. The fourth-order valence-corrected chi connectivity index (χ4v) is 2.95. The highest BCUT2D eigenvalue weighted by Crippen LogP contribution is 2.39. The number of rotatable bonds is 8. The van der Waals surface area contributed by atoms with Crippen molar-refractivity contribution in [1.82, 2.24) is 25.6 Å². The topological polar surface area (TPSA) is 62.7 Å². The predicted molar refractivity (Wildman–Crippen MR) is 90.6 cm³/mol. The van der Waals surface area contributed by atoms with E-state index in [1.54, 1.807) is 6.07 Å². The molecule has 1 aliphatic carbocycles. The number of hydrogen-bond donors (Lipinski definition) is 2. The van der Waals surface area contributed by atoms with E-state index in [-0.39, 0.29) is 17.9 Å². The monoisotopic (exact) mass is 329 g/mol. The summed E-state index contributed by atoms with van der Waals surface area (Å²) in [6.45, 7) is 2.71. The molecule has 2 aromatic heterocycles. The Morgan fingerprint density at radius 3 is 2.71 bits per heavy atom. The Balaban J connectivity index is 1.65. The molecule has 0 aliphatic heterocycles. The molecule has 1 saturated carbocycles. The summed E-state index contributed by atoms with van der Waals surface area (Å²) in [5, 5.41) is 6.78. The van der Waals surface area contributed by atoms with Gasteiger partial charge in [-0.05, 0) is 50.4 Å². The SMILES string of the molecule is CCC(NCc1ccnc(C(NC)C2CC2)n1)c1ccc(F)cn1. The van der Waals surface area contributed by atoms with E-state index in [4.69, 9.17) is 4.98 Å². The molecular formula is C18H24FN5. The van der Waals surface area contributed by atoms with Crippen LogP contribution in [0.25, 0.3) is 0 Å². The third-order valence-corrected chi connectivity index (χ3v) is 4.46. The van der Waals surface area contributed by atoms with Gasteiger partial charge in [-0.1, -0.05) is 6.92 Å². The minimum atomic E-state index is -0.313. The van der Waals surface area contributed by atoms with E-state index in [2.05, 4.69) is 27.5 Å². The molecule has 0 aromatic carbocycles. The second-order valence-corrected chi connectivity index (χ2v) is 6.25. The van der Waals surface area contributed by atoms with Gasteiger partial charge in [0, 0.05) is 18.8 Å². The van der Waals surface area contributed by atoms with Gasteiger partial charge in [0.2, 0.25) is 0 Å². The number of nitrogens with one attached hydrogen (secondary N) is 2. The van der Waals surface area contributed by atoms with Crippen LogP contribution in [-0.2, 0) is 6.54 Å². The van der Waals surface area contributed by atoms with Gasteiger partial charge in [-0.3, -0.25) is 4.98 Å². The maximum atomic E-state index is 13.0. The van der Waals surface area contributed by atoms with Crippen molar-refractivity contribution >= 4 is 0 Å². The van der Waals surface area contributed by atoms with Gasteiger partial charge in [-0.2, -0.15) is 0 Å². The molecule has 1 aliphatic rings. The van der Waals surface area contributed by atoms with E-state index in [1.165, 1.54) is 25.1 Å². The highest BCUT2D eigenvalue weighted by atomic mass is 19.1. The molecule has 24 heavy (non-hydrogen) atoms. The summed E-state index contributed by atoms with van der Waals surface area (Å²) in [5.74, 6) is 1.21. The second-order valence-electron chi connectivity index (χ2n) is 6.25. The van der Waals surface area contributed by atoms with Crippen LogP contribution in [0, 0.1) is 11.7 Å². The molecular weight excluding hydrogens is 305 g/mol. The Kier molecular flexibility index (Phi) is 5.48. The average molecular weight is 329 g/mol. The number of hydrogen-bond acceptors (Lipinski definition) is 5. The minimum Gasteiger partial charge on any atom is -0.310 e. The van der Waals surface area contributed by atoms with Crippen LogP contribution in [0.5, 0.6) is 0 Å². The zero-order valence-electron chi connectivity index (χ0n) is 14.2. The number of pyridine rings is 1. The van der Waals surface area contributed by atoms with Crippen molar-refractivity contribution in [3.05, 3.63) is 53.6 Å². The Hall–Kier alpha value is -1.92. The third-order valence-electron chi connectivity index (χ3n) is 4.46. The summed E-state index contributed by atoms with van der Waals surface area (Å²) in [5.41, 5.74) is 1.81. The van der Waals surface area contributed by atoms with Crippen LogP contribution in [-0.4, -0.2) is 22.0 Å². The number of halogens is 1. The fraction of sp³-hybridized carbons (Fsp3) is 0.500. The van der Waals surface area contributed by atoms with Crippen LogP contribution in [0.4, 0.5) is 4.39 Å². The Morgan fingerprint density at radius 2 is 2.08 bits per heavy atom.